The number of amides is 1. The highest BCUT2D eigenvalue weighted by Crippen LogP contribution is 2.06. The van der Waals surface area contributed by atoms with Crippen LogP contribution in [0.3, 0.4) is 0 Å². The second-order valence-electron chi connectivity index (χ2n) is 4.57. The number of piperidine rings is 1. The highest BCUT2D eigenvalue weighted by molar-refractivity contribution is 5.77. The summed E-state index contributed by atoms with van der Waals surface area (Å²) in [7, 11) is 1.60. The van der Waals surface area contributed by atoms with Crippen molar-refractivity contribution in [1.29, 1.82) is 0 Å². The molecular formula is C13H26N2O4. The van der Waals surface area contributed by atoms with Crippen molar-refractivity contribution in [2.24, 2.45) is 0 Å². The third-order valence-corrected chi connectivity index (χ3v) is 2.95. The number of hydrogen-bond donors (Lipinski definition) is 2. The minimum Gasteiger partial charge on any atom is -0.382 e. The molecule has 1 heterocycles. The summed E-state index contributed by atoms with van der Waals surface area (Å²) in [5.74, 6) is -0.0852. The molecule has 1 amide bonds. The van der Waals surface area contributed by atoms with Gasteiger partial charge in [-0.1, -0.05) is 0 Å². The van der Waals surface area contributed by atoms with E-state index in [-0.39, 0.29) is 12.5 Å². The topological polar surface area (TPSA) is 68.8 Å². The molecule has 1 rings (SSSR count). The summed E-state index contributed by atoms with van der Waals surface area (Å²) in [5.41, 5.74) is 0. The van der Waals surface area contributed by atoms with Crippen molar-refractivity contribution in [2.75, 3.05) is 53.2 Å². The molecule has 6 heteroatoms. The van der Waals surface area contributed by atoms with Gasteiger partial charge < -0.3 is 24.8 Å². The SMILES string of the molecule is COCCOCC(=O)NCCCOC1CCNCC1. The van der Waals surface area contributed by atoms with Crippen LogP contribution in [0.15, 0.2) is 0 Å². The fourth-order valence-corrected chi connectivity index (χ4v) is 1.87. The van der Waals surface area contributed by atoms with E-state index in [0.29, 0.717) is 32.5 Å². The van der Waals surface area contributed by atoms with Gasteiger partial charge in [0.1, 0.15) is 6.61 Å². The molecule has 0 aromatic carbocycles. The second kappa shape index (κ2) is 11.2. The molecule has 0 aromatic rings. The lowest BCUT2D eigenvalue weighted by Crippen LogP contribution is -2.33. The first-order chi connectivity index (χ1) is 9.33. The Morgan fingerprint density at radius 1 is 1.26 bits per heavy atom. The van der Waals surface area contributed by atoms with Crippen molar-refractivity contribution in [2.45, 2.75) is 25.4 Å². The highest BCUT2D eigenvalue weighted by atomic mass is 16.5. The normalized spacial score (nSPS) is 16.5. The lowest BCUT2D eigenvalue weighted by Gasteiger charge is -2.22. The van der Waals surface area contributed by atoms with Crippen LogP contribution in [-0.2, 0) is 19.0 Å². The van der Waals surface area contributed by atoms with Crippen LogP contribution in [0.2, 0.25) is 0 Å². The van der Waals surface area contributed by atoms with Gasteiger partial charge in [0.05, 0.1) is 19.3 Å². The number of methoxy groups -OCH3 is 1. The summed E-state index contributed by atoms with van der Waals surface area (Å²) in [6.07, 6.45) is 3.39. The average Bonchev–Trinajstić information content (AvgIpc) is 2.44. The standard InChI is InChI=1S/C13H26N2O4/c1-17-9-10-18-11-13(16)15-5-2-8-19-12-3-6-14-7-4-12/h12,14H,2-11H2,1H3,(H,15,16). The first-order valence-electron chi connectivity index (χ1n) is 6.98. The van der Waals surface area contributed by atoms with Gasteiger partial charge in [0.25, 0.3) is 0 Å². The number of hydrogen-bond acceptors (Lipinski definition) is 5. The molecular weight excluding hydrogens is 248 g/mol. The van der Waals surface area contributed by atoms with Crippen molar-refractivity contribution in [3.63, 3.8) is 0 Å². The zero-order valence-corrected chi connectivity index (χ0v) is 11.8. The van der Waals surface area contributed by atoms with Crippen molar-refractivity contribution in [3.8, 4) is 0 Å². The molecule has 0 atom stereocenters. The molecule has 0 aromatic heterocycles. The second-order valence-corrected chi connectivity index (χ2v) is 4.57. The van der Waals surface area contributed by atoms with Gasteiger partial charge in [0.15, 0.2) is 0 Å². The van der Waals surface area contributed by atoms with Crippen molar-refractivity contribution >= 4 is 5.91 Å². The van der Waals surface area contributed by atoms with Gasteiger partial charge in [-0.2, -0.15) is 0 Å². The van der Waals surface area contributed by atoms with Crippen LogP contribution in [0.25, 0.3) is 0 Å². The number of carbonyl (C=O) groups excluding carboxylic acids is 1. The van der Waals surface area contributed by atoms with Crippen LogP contribution in [0.5, 0.6) is 0 Å². The van der Waals surface area contributed by atoms with E-state index in [4.69, 9.17) is 14.2 Å². The first-order valence-corrected chi connectivity index (χ1v) is 6.98. The zero-order valence-electron chi connectivity index (χ0n) is 11.8. The Kier molecular flexibility index (Phi) is 9.61. The van der Waals surface area contributed by atoms with E-state index in [1.807, 2.05) is 0 Å². The Morgan fingerprint density at radius 3 is 2.79 bits per heavy atom. The zero-order chi connectivity index (χ0) is 13.8. The lowest BCUT2D eigenvalue weighted by atomic mass is 10.1. The molecule has 1 fully saturated rings. The Labute approximate surface area is 115 Å². The van der Waals surface area contributed by atoms with Gasteiger partial charge in [0, 0.05) is 20.3 Å². The predicted octanol–water partition coefficient (Wildman–Crippen LogP) is -0.0757. The fourth-order valence-electron chi connectivity index (χ4n) is 1.87. The Bertz CT molecular complexity index is 233. The van der Waals surface area contributed by atoms with Crippen molar-refractivity contribution in [3.05, 3.63) is 0 Å². The van der Waals surface area contributed by atoms with Gasteiger partial charge in [-0.15, -0.1) is 0 Å². The van der Waals surface area contributed by atoms with Gasteiger partial charge in [-0.05, 0) is 32.4 Å². The maximum Gasteiger partial charge on any atom is 0.246 e. The van der Waals surface area contributed by atoms with Crippen LogP contribution in [-0.4, -0.2) is 65.2 Å². The Morgan fingerprint density at radius 2 is 2.05 bits per heavy atom. The van der Waals surface area contributed by atoms with E-state index in [1.54, 1.807) is 7.11 Å². The molecule has 19 heavy (non-hydrogen) atoms. The first kappa shape index (κ1) is 16.4. The van der Waals surface area contributed by atoms with Gasteiger partial charge in [-0.25, -0.2) is 0 Å². The van der Waals surface area contributed by atoms with E-state index < -0.39 is 0 Å². The van der Waals surface area contributed by atoms with Gasteiger partial charge in [-0.3, -0.25) is 4.79 Å². The van der Waals surface area contributed by atoms with Crippen LogP contribution < -0.4 is 10.6 Å². The molecule has 0 aliphatic carbocycles. The molecule has 0 radical (unpaired) electrons. The van der Waals surface area contributed by atoms with Crippen LogP contribution in [0.4, 0.5) is 0 Å². The molecule has 1 aliphatic heterocycles. The maximum atomic E-state index is 11.3. The quantitative estimate of drug-likeness (QED) is 0.546. The van der Waals surface area contributed by atoms with E-state index in [2.05, 4.69) is 10.6 Å². The molecule has 2 N–H and O–H groups in total. The highest BCUT2D eigenvalue weighted by Gasteiger charge is 2.12. The Hall–Kier alpha value is -0.690. The van der Waals surface area contributed by atoms with Crippen LogP contribution >= 0.6 is 0 Å². The molecule has 0 unspecified atom stereocenters. The monoisotopic (exact) mass is 274 g/mol. The number of ether oxygens (including phenoxy) is 3. The Balaban J connectivity index is 1.85. The number of nitrogens with one attached hydrogen (secondary N) is 2. The van der Waals surface area contributed by atoms with Crippen LogP contribution in [0, 0.1) is 0 Å². The summed E-state index contributed by atoms with van der Waals surface area (Å²) < 4.78 is 15.7. The minimum absolute atomic E-state index is 0.0852. The van der Waals surface area contributed by atoms with Crippen LogP contribution in [0.1, 0.15) is 19.3 Å². The van der Waals surface area contributed by atoms with Gasteiger partial charge >= 0.3 is 0 Å². The van der Waals surface area contributed by atoms with E-state index in [1.165, 1.54) is 0 Å². The molecule has 6 nitrogen and oxygen atoms in total. The van der Waals surface area contributed by atoms with E-state index >= 15 is 0 Å². The fraction of sp³-hybridized carbons (Fsp3) is 0.923. The number of rotatable bonds is 10. The molecule has 0 saturated carbocycles. The van der Waals surface area contributed by atoms with Crippen molar-refractivity contribution < 1.29 is 19.0 Å². The lowest BCUT2D eigenvalue weighted by molar-refractivity contribution is -0.126. The maximum absolute atomic E-state index is 11.3. The number of carbonyl (C=O) groups is 1. The van der Waals surface area contributed by atoms with E-state index in [0.717, 1.165) is 32.4 Å². The molecule has 1 aliphatic rings. The third-order valence-electron chi connectivity index (χ3n) is 2.95. The molecule has 112 valence electrons. The molecule has 0 spiro atoms. The predicted molar refractivity (Wildman–Crippen MR) is 72.2 cm³/mol. The van der Waals surface area contributed by atoms with Gasteiger partial charge in [0.2, 0.25) is 5.91 Å². The molecule has 0 bridgehead atoms. The summed E-state index contributed by atoms with van der Waals surface area (Å²) >= 11 is 0. The summed E-state index contributed by atoms with van der Waals surface area (Å²) in [4.78, 5) is 11.3. The van der Waals surface area contributed by atoms with Crippen molar-refractivity contribution in [1.82, 2.24) is 10.6 Å². The summed E-state index contributed by atoms with van der Waals surface area (Å²) in [6, 6.07) is 0. The largest absolute Gasteiger partial charge is 0.382 e. The summed E-state index contributed by atoms with van der Waals surface area (Å²) in [6.45, 7) is 4.48. The van der Waals surface area contributed by atoms with E-state index in [9.17, 15) is 4.79 Å². The third kappa shape index (κ3) is 8.93. The summed E-state index contributed by atoms with van der Waals surface area (Å²) in [5, 5.41) is 6.10. The smallest absolute Gasteiger partial charge is 0.246 e. The average molecular weight is 274 g/mol. The molecule has 1 saturated heterocycles. The minimum atomic E-state index is -0.0852.